The highest BCUT2D eigenvalue weighted by Gasteiger charge is 2.42. The summed E-state index contributed by atoms with van der Waals surface area (Å²) in [5.74, 6) is 1.62. The van der Waals surface area contributed by atoms with Crippen molar-refractivity contribution in [2.45, 2.75) is 38.1 Å². The molecule has 2 bridgehead atoms. The van der Waals surface area contributed by atoms with Crippen molar-refractivity contribution < 1.29 is 9.53 Å². The van der Waals surface area contributed by atoms with Crippen molar-refractivity contribution in [2.75, 3.05) is 7.11 Å². The number of hydrogen-bond acceptors (Lipinski definition) is 3. The zero-order valence-electron chi connectivity index (χ0n) is 8.74. The van der Waals surface area contributed by atoms with Crippen LogP contribution in [0.4, 0.5) is 0 Å². The van der Waals surface area contributed by atoms with Crippen molar-refractivity contribution in [3.8, 4) is 0 Å². The summed E-state index contributed by atoms with van der Waals surface area (Å²) < 4.78 is 4.71. The van der Waals surface area contributed by atoms with Crippen molar-refractivity contribution in [3.63, 3.8) is 0 Å². The van der Waals surface area contributed by atoms with Crippen LogP contribution in [-0.2, 0) is 9.53 Å². The minimum Gasteiger partial charge on any atom is -0.469 e. The lowest BCUT2D eigenvalue weighted by atomic mass is 9.61. The molecule has 3 aliphatic carbocycles. The summed E-state index contributed by atoms with van der Waals surface area (Å²) in [6, 6.07) is 0.238. The third-order valence-electron chi connectivity index (χ3n) is 4.09. The van der Waals surface area contributed by atoms with E-state index in [1.54, 1.807) is 0 Å². The van der Waals surface area contributed by atoms with Gasteiger partial charge in [-0.1, -0.05) is 0 Å². The van der Waals surface area contributed by atoms with Crippen molar-refractivity contribution in [3.05, 3.63) is 0 Å². The average molecular weight is 197 g/mol. The van der Waals surface area contributed by atoms with Crippen LogP contribution in [0.5, 0.6) is 0 Å². The monoisotopic (exact) mass is 197 g/mol. The van der Waals surface area contributed by atoms with E-state index in [0.717, 1.165) is 0 Å². The molecule has 1 unspecified atom stereocenters. The van der Waals surface area contributed by atoms with Gasteiger partial charge in [-0.15, -0.1) is 0 Å². The number of esters is 1. The normalized spacial score (nSPS) is 41.0. The van der Waals surface area contributed by atoms with Gasteiger partial charge in [0.15, 0.2) is 0 Å². The van der Waals surface area contributed by atoms with E-state index >= 15 is 0 Å². The molecule has 2 N–H and O–H groups in total. The zero-order valence-corrected chi connectivity index (χ0v) is 8.74. The molecule has 3 heteroatoms. The van der Waals surface area contributed by atoms with Crippen molar-refractivity contribution in [1.29, 1.82) is 0 Å². The SMILES string of the molecule is COC(=O)CC1C2CCC(CC2)[C@H]1N. The van der Waals surface area contributed by atoms with Gasteiger partial charge in [0, 0.05) is 6.04 Å². The Morgan fingerprint density at radius 1 is 1.29 bits per heavy atom. The predicted octanol–water partition coefficient (Wildman–Crippen LogP) is 1.31. The lowest BCUT2D eigenvalue weighted by molar-refractivity contribution is -0.143. The molecule has 0 aromatic carbocycles. The van der Waals surface area contributed by atoms with Gasteiger partial charge in [0.25, 0.3) is 0 Å². The van der Waals surface area contributed by atoms with E-state index in [4.69, 9.17) is 10.5 Å². The van der Waals surface area contributed by atoms with Gasteiger partial charge in [-0.05, 0) is 43.4 Å². The second kappa shape index (κ2) is 3.89. The summed E-state index contributed by atoms with van der Waals surface area (Å²) >= 11 is 0. The first-order valence-electron chi connectivity index (χ1n) is 5.54. The lowest BCUT2D eigenvalue weighted by Gasteiger charge is -2.46. The minimum atomic E-state index is -0.0991. The number of fused-ring (bicyclic) bond motifs is 3. The summed E-state index contributed by atoms with van der Waals surface area (Å²) in [7, 11) is 1.45. The Morgan fingerprint density at radius 3 is 2.36 bits per heavy atom. The van der Waals surface area contributed by atoms with Crippen LogP contribution in [0.15, 0.2) is 0 Å². The molecule has 3 rings (SSSR count). The largest absolute Gasteiger partial charge is 0.469 e. The van der Waals surface area contributed by atoms with Crippen LogP contribution in [0.25, 0.3) is 0 Å². The van der Waals surface area contributed by atoms with Crippen LogP contribution in [0.1, 0.15) is 32.1 Å². The van der Waals surface area contributed by atoms with E-state index in [1.807, 2.05) is 0 Å². The van der Waals surface area contributed by atoms with E-state index in [2.05, 4.69) is 0 Å². The molecule has 0 spiro atoms. The second-order valence-corrected chi connectivity index (χ2v) is 4.70. The standard InChI is InChI=1S/C11H19NO2/c1-14-10(13)6-9-7-2-4-8(5-3-7)11(9)12/h7-9,11H,2-6,12H2,1H3/t7?,8?,9?,11-/m1/s1. The summed E-state index contributed by atoms with van der Waals surface area (Å²) in [6.45, 7) is 0. The molecule has 0 saturated heterocycles. The Hall–Kier alpha value is -0.570. The number of carbonyl (C=O) groups is 1. The number of hydrogen-bond donors (Lipinski definition) is 1. The molecule has 3 aliphatic rings. The molecule has 80 valence electrons. The van der Waals surface area contributed by atoms with Gasteiger partial charge in [0.1, 0.15) is 0 Å². The number of rotatable bonds is 2. The molecule has 3 nitrogen and oxygen atoms in total. The van der Waals surface area contributed by atoms with Crippen LogP contribution in [0.3, 0.4) is 0 Å². The maximum absolute atomic E-state index is 11.2. The fraction of sp³-hybridized carbons (Fsp3) is 0.909. The molecule has 0 aromatic heterocycles. The van der Waals surface area contributed by atoms with Crippen molar-refractivity contribution >= 4 is 5.97 Å². The van der Waals surface area contributed by atoms with Crippen molar-refractivity contribution in [1.82, 2.24) is 0 Å². The smallest absolute Gasteiger partial charge is 0.305 e. The highest BCUT2D eigenvalue weighted by Crippen LogP contribution is 2.45. The molecule has 0 aliphatic heterocycles. The predicted molar refractivity (Wildman–Crippen MR) is 53.5 cm³/mol. The van der Waals surface area contributed by atoms with Crippen LogP contribution >= 0.6 is 0 Å². The minimum absolute atomic E-state index is 0.0991. The van der Waals surface area contributed by atoms with Crippen LogP contribution < -0.4 is 5.73 Å². The molecule has 14 heavy (non-hydrogen) atoms. The van der Waals surface area contributed by atoms with Gasteiger partial charge in [-0.25, -0.2) is 0 Å². The molecular formula is C11H19NO2. The summed E-state index contributed by atoms with van der Waals surface area (Å²) in [4.78, 5) is 11.2. The third-order valence-corrected chi connectivity index (χ3v) is 4.09. The van der Waals surface area contributed by atoms with Gasteiger partial charge in [-0.2, -0.15) is 0 Å². The summed E-state index contributed by atoms with van der Waals surface area (Å²) in [6.07, 6.45) is 5.59. The summed E-state index contributed by atoms with van der Waals surface area (Å²) in [5.41, 5.74) is 6.16. The number of nitrogens with two attached hydrogens (primary N) is 1. The first-order valence-corrected chi connectivity index (χ1v) is 5.54. The molecule has 3 saturated carbocycles. The van der Waals surface area contributed by atoms with E-state index < -0.39 is 0 Å². The molecule has 2 atom stereocenters. The van der Waals surface area contributed by atoms with Gasteiger partial charge >= 0.3 is 5.97 Å². The van der Waals surface area contributed by atoms with Crippen LogP contribution in [-0.4, -0.2) is 19.1 Å². The van der Waals surface area contributed by atoms with Crippen molar-refractivity contribution in [2.24, 2.45) is 23.5 Å². The maximum atomic E-state index is 11.2. The Bertz CT molecular complexity index is 219. The molecule has 0 heterocycles. The summed E-state index contributed by atoms with van der Waals surface area (Å²) in [5, 5.41) is 0. The Kier molecular flexibility index (Phi) is 2.77. The average Bonchev–Trinajstić information content (AvgIpc) is 2.23. The molecule has 0 amide bonds. The topological polar surface area (TPSA) is 52.3 Å². The Labute approximate surface area is 85.0 Å². The Morgan fingerprint density at radius 2 is 1.86 bits per heavy atom. The highest BCUT2D eigenvalue weighted by molar-refractivity contribution is 5.69. The molecule has 3 fully saturated rings. The fourth-order valence-electron chi connectivity index (χ4n) is 3.20. The van der Waals surface area contributed by atoms with Gasteiger partial charge in [0.05, 0.1) is 13.5 Å². The molecule has 0 radical (unpaired) electrons. The van der Waals surface area contributed by atoms with Gasteiger partial charge in [0.2, 0.25) is 0 Å². The van der Waals surface area contributed by atoms with Gasteiger partial charge in [-0.3, -0.25) is 4.79 Å². The van der Waals surface area contributed by atoms with E-state index in [9.17, 15) is 4.79 Å². The second-order valence-electron chi connectivity index (χ2n) is 4.70. The Balaban J connectivity index is 2.00. The fourth-order valence-corrected chi connectivity index (χ4v) is 3.20. The van der Waals surface area contributed by atoms with E-state index in [0.29, 0.717) is 24.2 Å². The molecular weight excluding hydrogens is 178 g/mol. The third kappa shape index (κ3) is 1.65. The van der Waals surface area contributed by atoms with E-state index in [1.165, 1.54) is 32.8 Å². The van der Waals surface area contributed by atoms with Gasteiger partial charge < -0.3 is 10.5 Å². The number of carbonyl (C=O) groups excluding carboxylic acids is 1. The van der Waals surface area contributed by atoms with E-state index in [-0.39, 0.29) is 12.0 Å². The first-order chi connectivity index (χ1) is 6.72. The number of methoxy groups -OCH3 is 1. The quantitative estimate of drug-likeness (QED) is 0.679. The highest BCUT2D eigenvalue weighted by atomic mass is 16.5. The molecule has 0 aromatic rings. The lowest BCUT2D eigenvalue weighted by Crippen LogP contribution is -2.49. The van der Waals surface area contributed by atoms with Crippen LogP contribution in [0.2, 0.25) is 0 Å². The number of ether oxygens (including phenoxy) is 1. The van der Waals surface area contributed by atoms with Crippen LogP contribution in [0, 0.1) is 17.8 Å². The zero-order chi connectivity index (χ0) is 10.1. The maximum Gasteiger partial charge on any atom is 0.305 e. The first kappa shape index (κ1) is 9.97.